The van der Waals surface area contributed by atoms with Gasteiger partial charge in [0.2, 0.25) is 0 Å². The first-order chi connectivity index (χ1) is 19.7. The largest absolute Gasteiger partial charge is 0.490 e. The smallest absolute Gasteiger partial charge is 0.387 e. The van der Waals surface area contributed by atoms with E-state index in [1.165, 1.54) is 10.9 Å². The monoisotopic (exact) mass is 670 g/mol. The van der Waals surface area contributed by atoms with Crippen molar-refractivity contribution in [1.82, 2.24) is 24.5 Å². The Hall–Kier alpha value is -2.51. The number of thiophene rings is 1. The van der Waals surface area contributed by atoms with Gasteiger partial charge in [0.05, 0.1) is 12.9 Å². The van der Waals surface area contributed by atoms with Crippen LogP contribution in [0.15, 0.2) is 66.1 Å². The molecule has 0 bridgehead atoms. The summed E-state index contributed by atoms with van der Waals surface area (Å²) in [4.78, 5) is 51.0. The fraction of sp³-hybridized carbons (Fsp3) is 0.263. The van der Waals surface area contributed by atoms with Gasteiger partial charge in [-0.25, -0.2) is 28.6 Å². The molecule has 0 saturated carbocycles. The van der Waals surface area contributed by atoms with Crippen molar-refractivity contribution in [2.24, 2.45) is 0 Å². The predicted octanol–water partition coefficient (Wildman–Crippen LogP) is 1.20. The van der Waals surface area contributed by atoms with Crippen LogP contribution in [0.25, 0.3) is 11.2 Å². The molecule has 42 heavy (non-hydrogen) atoms. The fourth-order valence-corrected chi connectivity index (χ4v) is 6.65. The van der Waals surface area contributed by atoms with Crippen LogP contribution in [0.3, 0.4) is 0 Å². The molecule has 1 fully saturated rings. The number of anilines is 1. The molecule has 4 aromatic heterocycles. The third kappa shape index (κ3) is 10.3. The van der Waals surface area contributed by atoms with Gasteiger partial charge in [-0.2, -0.15) is 20.0 Å². The number of aliphatic hydroxyl groups excluding tert-OH is 2. The number of ether oxygens (including phenoxy) is 1. The van der Waals surface area contributed by atoms with Gasteiger partial charge in [-0.15, -0.1) is 0 Å². The van der Waals surface area contributed by atoms with Crippen LogP contribution in [-0.2, 0) is 31.6 Å². The molecule has 1 aliphatic heterocycles. The topological polar surface area (TPSA) is 292 Å². The van der Waals surface area contributed by atoms with Gasteiger partial charge in [-0.3, -0.25) is 14.1 Å². The van der Waals surface area contributed by atoms with E-state index in [-0.39, 0.29) is 17.0 Å². The third-order valence-corrected chi connectivity index (χ3v) is 9.24. The minimum Gasteiger partial charge on any atom is -0.387 e. The maximum atomic E-state index is 11.8. The van der Waals surface area contributed by atoms with Crippen LogP contribution in [0.4, 0.5) is 5.82 Å². The van der Waals surface area contributed by atoms with Crippen molar-refractivity contribution in [3.63, 3.8) is 0 Å². The lowest BCUT2D eigenvalue weighted by Crippen LogP contribution is -2.33. The number of aliphatic hydroxyl groups is 2. The van der Waals surface area contributed by atoms with Gasteiger partial charge < -0.3 is 40.3 Å². The van der Waals surface area contributed by atoms with Crippen molar-refractivity contribution in [1.29, 1.82) is 0 Å². The molecule has 5 heterocycles. The molecule has 230 valence electrons. The van der Waals surface area contributed by atoms with Crippen molar-refractivity contribution < 1.29 is 61.4 Å². The first-order valence-corrected chi connectivity index (χ1v) is 16.7. The molecule has 0 amide bonds. The van der Waals surface area contributed by atoms with Gasteiger partial charge >= 0.3 is 23.5 Å². The highest BCUT2D eigenvalue weighted by Gasteiger charge is 2.47. The summed E-state index contributed by atoms with van der Waals surface area (Å²) in [5.41, 5.74) is 6.00. The van der Waals surface area contributed by atoms with Crippen LogP contribution in [0, 0.1) is 0 Å². The Morgan fingerprint density at radius 2 is 1.57 bits per heavy atom. The van der Waals surface area contributed by atoms with Gasteiger partial charge in [-0.1, -0.05) is 18.2 Å². The highest BCUT2D eigenvalue weighted by Crippen LogP contribution is 2.66. The predicted molar refractivity (Wildman–Crippen MR) is 144 cm³/mol. The molecule has 0 aromatic carbocycles. The number of hydrogen-bond acceptors (Lipinski definition) is 15. The number of nitrogens with zero attached hydrogens (tertiary/aromatic N) is 5. The highest BCUT2D eigenvalue weighted by molar-refractivity contribution is 7.66. The van der Waals surface area contributed by atoms with E-state index in [0.29, 0.717) is 0 Å². The number of fused-ring (bicyclic) bond motifs is 1. The summed E-state index contributed by atoms with van der Waals surface area (Å²) in [6.45, 7) is -0.956. The average Bonchev–Trinajstić information content (AvgIpc) is 3.66. The lowest BCUT2D eigenvalue weighted by Gasteiger charge is -2.19. The number of hydrogen-bond donors (Lipinski definition) is 7. The summed E-state index contributed by atoms with van der Waals surface area (Å²) >= 11 is 1.71. The highest BCUT2D eigenvalue weighted by atomic mass is 32.1. The van der Waals surface area contributed by atoms with Crippen LogP contribution >= 0.6 is 34.8 Å². The summed E-state index contributed by atoms with van der Waals surface area (Å²) in [5, 5.41) is 24.5. The molecule has 2 unspecified atom stereocenters. The van der Waals surface area contributed by atoms with Gasteiger partial charge in [-0.05, 0) is 22.9 Å². The lowest BCUT2D eigenvalue weighted by atomic mass is 10.1. The number of nitrogens with two attached hydrogens (primary N) is 1. The molecule has 6 atom stereocenters. The Bertz CT molecular complexity index is 1500. The number of imidazole rings is 1. The Labute approximate surface area is 240 Å². The van der Waals surface area contributed by atoms with E-state index in [1.807, 2.05) is 41.1 Å². The first kappa shape index (κ1) is 34.0. The van der Waals surface area contributed by atoms with E-state index < -0.39 is 54.6 Å². The average molecular weight is 670 g/mol. The number of phosphoric ester groups is 1. The van der Waals surface area contributed by atoms with Crippen molar-refractivity contribution >= 4 is 51.8 Å². The number of nitrogen functional groups attached to an aromatic ring is 1. The second-order valence-electron chi connectivity index (χ2n) is 7.83. The standard InChI is InChI=1S/C10H16N5O13P3.C5H5N.C4H4S/c11-8-5-9(13-2-12-8)15(3-14-5)10-7(17)6(16)4(26-10)1-25-30(21,22)28-31(23,24)27-29(18,19)20;1-2-4-6-5-3-1;1-2-4-5-3-1/h2-4,6-7,10,16-17H,1H2,(H,21,22)(H,23,24)(H2,11,12,13)(H2,18,19,20);1-5H;1-4H/t4-,6-,7-,10-;;/m1../s1. The zero-order valence-corrected chi connectivity index (χ0v) is 24.5. The second kappa shape index (κ2) is 14.8. The van der Waals surface area contributed by atoms with E-state index in [4.69, 9.17) is 25.2 Å². The summed E-state index contributed by atoms with van der Waals surface area (Å²) in [7, 11) is -16.7. The third-order valence-electron chi connectivity index (χ3n) is 4.81. The molecular formula is C19H25N6O13P3S. The summed E-state index contributed by atoms with van der Waals surface area (Å²) < 4.78 is 51.9. The van der Waals surface area contributed by atoms with Crippen LogP contribution in [0.2, 0.25) is 0 Å². The Kier molecular flexibility index (Phi) is 12.0. The molecule has 19 nitrogen and oxygen atoms in total. The van der Waals surface area contributed by atoms with E-state index in [2.05, 4.69) is 33.1 Å². The Morgan fingerprint density at radius 3 is 2.10 bits per heavy atom. The van der Waals surface area contributed by atoms with Gasteiger partial charge in [0.15, 0.2) is 17.7 Å². The minimum atomic E-state index is -5.70. The minimum absolute atomic E-state index is 0.0426. The van der Waals surface area contributed by atoms with E-state index in [1.54, 1.807) is 23.7 Å². The molecule has 8 N–H and O–H groups in total. The summed E-state index contributed by atoms with van der Waals surface area (Å²) in [6.07, 6.45) is -0.191. The van der Waals surface area contributed by atoms with Crippen molar-refractivity contribution in [2.45, 2.75) is 24.5 Å². The summed E-state index contributed by atoms with van der Waals surface area (Å²) in [6, 6.07) is 9.75. The number of rotatable bonds is 8. The van der Waals surface area contributed by atoms with Crippen molar-refractivity contribution in [3.05, 3.63) is 66.1 Å². The zero-order chi connectivity index (χ0) is 31.0. The van der Waals surface area contributed by atoms with Crippen LogP contribution in [0.1, 0.15) is 6.23 Å². The first-order valence-electron chi connectivity index (χ1n) is 11.2. The van der Waals surface area contributed by atoms with E-state index >= 15 is 0 Å². The lowest BCUT2D eigenvalue weighted by molar-refractivity contribution is -0.0503. The SMILES string of the molecule is Nc1ncnc2c1ncn2[C@@H]1O[C@H](COP(=O)(O)OP(=O)(O)OP(=O)(O)O)[C@@H](O)[C@H]1O.c1ccncc1.c1ccsc1. The van der Waals surface area contributed by atoms with Crippen LogP contribution in [-0.4, -0.2) is 79.2 Å². The van der Waals surface area contributed by atoms with Gasteiger partial charge in [0, 0.05) is 12.4 Å². The van der Waals surface area contributed by atoms with Crippen molar-refractivity contribution in [3.8, 4) is 0 Å². The quantitative estimate of drug-likeness (QED) is 0.130. The fourth-order valence-electron chi connectivity index (χ4n) is 3.16. The van der Waals surface area contributed by atoms with Crippen molar-refractivity contribution in [2.75, 3.05) is 12.3 Å². The van der Waals surface area contributed by atoms with E-state index in [0.717, 1.165) is 6.33 Å². The molecule has 1 saturated heterocycles. The van der Waals surface area contributed by atoms with E-state index in [9.17, 15) is 28.8 Å². The number of aromatic nitrogens is 5. The normalized spacial score (nSPS) is 23.1. The zero-order valence-electron chi connectivity index (χ0n) is 21.0. The molecule has 0 radical (unpaired) electrons. The van der Waals surface area contributed by atoms with Gasteiger partial charge in [0.1, 0.15) is 30.2 Å². The second-order valence-corrected chi connectivity index (χ2v) is 13.1. The van der Waals surface area contributed by atoms with Gasteiger partial charge in [0.25, 0.3) is 0 Å². The molecule has 5 rings (SSSR count). The molecule has 1 aliphatic rings. The molecule has 0 spiro atoms. The molecular weight excluding hydrogens is 645 g/mol. The maximum Gasteiger partial charge on any atom is 0.490 e. The molecule has 4 aromatic rings. The Morgan fingerprint density at radius 1 is 0.905 bits per heavy atom. The van der Waals surface area contributed by atoms with Crippen LogP contribution < -0.4 is 5.73 Å². The summed E-state index contributed by atoms with van der Waals surface area (Å²) in [5.74, 6) is 0.0426. The number of pyridine rings is 1. The van der Waals surface area contributed by atoms with Crippen LogP contribution in [0.5, 0.6) is 0 Å². The Balaban J connectivity index is 0.000000363. The molecule has 23 heteroatoms. The maximum absolute atomic E-state index is 11.8. The molecule has 0 aliphatic carbocycles. The number of phosphoric acid groups is 3.